The van der Waals surface area contributed by atoms with Crippen molar-refractivity contribution in [2.75, 3.05) is 7.05 Å². The Morgan fingerprint density at radius 2 is 2.13 bits per heavy atom. The minimum atomic E-state index is -0.501. The molecule has 0 saturated heterocycles. The molecule has 1 rings (SSSR count). The predicted molar refractivity (Wildman–Crippen MR) is 58.0 cm³/mol. The third-order valence-electron chi connectivity index (χ3n) is 1.97. The molecule has 0 fully saturated rings. The van der Waals surface area contributed by atoms with Gasteiger partial charge in [-0.25, -0.2) is 9.78 Å². The molecular weight excluding hydrogens is 192 g/mol. The molecule has 15 heavy (non-hydrogen) atoms. The first-order chi connectivity index (χ1) is 6.95. The molecule has 4 heteroatoms. The van der Waals surface area contributed by atoms with E-state index >= 15 is 0 Å². The lowest BCUT2D eigenvalue weighted by atomic mass is 9.88. The molecule has 4 nitrogen and oxygen atoms in total. The molecule has 0 saturated carbocycles. The van der Waals surface area contributed by atoms with Crippen LogP contribution < -0.4 is 10.1 Å². The average Bonchev–Trinajstić information content (AvgIpc) is 2.17. The summed E-state index contributed by atoms with van der Waals surface area (Å²) in [4.78, 5) is 15.1. The van der Waals surface area contributed by atoms with Gasteiger partial charge in [-0.3, -0.25) is 0 Å². The summed E-state index contributed by atoms with van der Waals surface area (Å²) in [5.74, 6) is 0.365. The largest absolute Gasteiger partial charge is 0.413 e. The minimum absolute atomic E-state index is 0.0996. The number of ether oxygens (including phenoxy) is 1. The van der Waals surface area contributed by atoms with Crippen molar-refractivity contribution in [1.29, 1.82) is 0 Å². The lowest BCUT2D eigenvalue weighted by Crippen LogP contribution is -2.24. The van der Waals surface area contributed by atoms with E-state index in [2.05, 4.69) is 10.3 Å². The van der Waals surface area contributed by atoms with Crippen molar-refractivity contribution in [3.8, 4) is 5.88 Å². The first-order valence-corrected chi connectivity index (χ1v) is 4.80. The number of nitrogens with zero attached hydrogens (tertiary/aromatic N) is 1. The van der Waals surface area contributed by atoms with Gasteiger partial charge in [-0.05, 0) is 11.5 Å². The highest BCUT2D eigenvalue weighted by Crippen LogP contribution is 2.28. The molecule has 0 bridgehead atoms. The molecular formula is C11H16N2O2. The lowest BCUT2D eigenvalue weighted by Gasteiger charge is -2.20. The Bertz CT molecular complexity index is 356. The molecule has 0 unspecified atom stereocenters. The van der Waals surface area contributed by atoms with Gasteiger partial charge in [-0.1, -0.05) is 26.8 Å². The summed E-state index contributed by atoms with van der Waals surface area (Å²) in [6, 6.07) is 3.74. The van der Waals surface area contributed by atoms with Crippen LogP contribution in [-0.2, 0) is 5.41 Å². The quantitative estimate of drug-likeness (QED) is 0.768. The summed E-state index contributed by atoms with van der Waals surface area (Å²) in [5, 5.41) is 2.39. The van der Waals surface area contributed by atoms with Crippen LogP contribution in [0.5, 0.6) is 5.88 Å². The highest BCUT2D eigenvalue weighted by molar-refractivity contribution is 5.69. The SMILES string of the molecule is CNC(=O)Oc1ncccc1C(C)(C)C. The van der Waals surface area contributed by atoms with Gasteiger partial charge < -0.3 is 10.1 Å². The van der Waals surface area contributed by atoms with Gasteiger partial charge in [0.2, 0.25) is 5.88 Å². The predicted octanol–water partition coefficient (Wildman–Crippen LogP) is 2.10. The van der Waals surface area contributed by atoms with Gasteiger partial charge in [0.05, 0.1) is 0 Å². The molecule has 0 aliphatic carbocycles. The summed E-state index contributed by atoms with van der Waals surface area (Å²) in [6.07, 6.45) is 1.10. The highest BCUT2D eigenvalue weighted by Gasteiger charge is 2.20. The number of rotatable bonds is 1. The van der Waals surface area contributed by atoms with E-state index in [1.54, 1.807) is 6.20 Å². The fourth-order valence-electron chi connectivity index (χ4n) is 1.18. The van der Waals surface area contributed by atoms with Gasteiger partial charge in [-0.15, -0.1) is 0 Å². The number of carbonyl (C=O) groups excluding carboxylic acids is 1. The Labute approximate surface area is 89.7 Å². The Morgan fingerprint density at radius 3 is 2.67 bits per heavy atom. The molecule has 0 aromatic carbocycles. The van der Waals surface area contributed by atoms with E-state index in [0.29, 0.717) is 5.88 Å². The van der Waals surface area contributed by atoms with E-state index in [9.17, 15) is 4.79 Å². The molecule has 0 atom stereocenters. The molecule has 1 N–H and O–H groups in total. The van der Waals surface area contributed by atoms with Crippen molar-refractivity contribution in [3.05, 3.63) is 23.9 Å². The Morgan fingerprint density at radius 1 is 1.47 bits per heavy atom. The molecule has 1 aromatic rings. The van der Waals surface area contributed by atoms with E-state index < -0.39 is 6.09 Å². The third-order valence-corrected chi connectivity index (χ3v) is 1.97. The Hall–Kier alpha value is -1.58. The number of hydrogen-bond donors (Lipinski definition) is 1. The molecule has 0 spiro atoms. The molecule has 0 radical (unpaired) electrons. The zero-order valence-electron chi connectivity index (χ0n) is 9.50. The summed E-state index contributed by atoms with van der Waals surface area (Å²) >= 11 is 0. The van der Waals surface area contributed by atoms with Gasteiger partial charge in [-0.2, -0.15) is 0 Å². The number of pyridine rings is 1. The number of aromatic nitrogens is 1. The van der Waals surface area contributed by atoms with Crippen LogP contribution in [0.1, 0.15) is 26.3 Å². The molecule has 1 aromatic heterocycles. The van der Waals surface area contributed by atoms with E-state index in [1.165, 1.54) is 7.05 Å². The van der Waals surface area contributed by atoms with E-state index in [1.807, 2.05) is 32.9 Å². The van der Waals surface area contributed by atoms with Crippen LogP contribution in [0.3, 0.4) is 0 Å². The second kappa shape index (κ2) is 4.29. The Balaban J connectivity index is 3.02. The number of amides is 1. The zero-order chi connectivity index (χ0) is 11.5. The average molecular weight is 208 g/mol. The van der Waals surface area contributed by atoms with Crippen molar-refractivity contribution in [2.45, 2.75) is 26.2 Å². The summed E-state index contributed by atoms with van der Waals surface area (Å²) in [5.41, 5.74) is 0.811. The second-order valence-corrected chi connectivity index (χ2v) is 4.25. The first-order valence-electron chi connectivity index (χ1n) is 4.80. The van der Waals surface area contributed by atoms with Crippen molar-refractivity contribution >= 4 is 6.09 Å². The summed E-state index contributed by atoms with van der Waals surface area (Å²) in [7, 11) is 1.52. The second-order valence-electron chi connectivity index (χ2n) is 4.25. The van der Waals surface area contributed by atoms with Gasteiger partial charge in [0, 0.05) is 18.8 Å². The zero-order valence-corrected chi connectivity index (χ0v) is 9.50. The molecule has 1 heterocycles. The fourth-order valence-corrected chi connectivity index (χ4v) is 1.18. The van der Waals surface area contributed by atoms with Crippen LogP contribution in [-0.4, -0.2) is 18.1 Å². The maximum atomic E-state index is 11.1. The third kappa shape index (κ3) is 2.94. The monoisotopic (exact) mass is 208 g/mol. The standard InChI is InChI=1S/C11H16N2O2/c1-11(2,3)8-6-5-7-13-9(8)15-10(14)12-4/h5-7H,1-4H3,(H,12,14). The molecule has 1 amide bonds. The van der Waals surface area contributed by atoms with E-state index in [0.717, 1.165) is 5.56 Å². The summed E-state index contributed by atoms with van der Waals surface area (Å²) in [6.45, 7) is 6.13. The maximum absolute atomic E-state index is 11.1. The van der Waals surface area contributed by atoms with Gasteiger partial charge in [0.15, 0.2) is 0 Å². The number of hydrogen-bond acceptors (Lipinski definition) is 3. The fraction of sp³-hybridized carbons (Fsp3) is 0.455. The minimum Gasteiger partial charge on any atom is -0.391 e. The number of carbonyl (C=O) groups is 1. The van der Waals surface area contributed by atoms with Crippen LogP contribution in [0, 0.1) is 0 Å². The van der Waals surface area contributed by atoms with E-state index in [-0.39, 0.29) is 5.41 Å². The first kappa shape index (κ1) is 11.5. The van der Waals surface area contributed by atoms with Crippen molar-refractivity contribution in [3.63, 3.8) is 0 Å². The highest BCUT2D eigenvalue weighted by atomic mass is 16.6. The number of nitrogens with one attached hydrogen (secondary N) is 1. The van der Waals surface area contributed by atoms with Gasteiger partial charge >= 0.3 is 6.09 Å². The van der Waals surface area contributed by atoms with Gasteiger partial charge in [0.25, 0.3) is 0 Å². The van der Waals surface area contributed by atoms with Crippen LogP contribution >= 0.6 is 0 Å². The summed E-state index contributed by atoms with van der Waals surface area (Å²) < 4.78 is 5.06. The maximum Gasteiger partial charge on any atom is 0.413 e. The van der Waals surface area contributed by atoms with Crippen LogP contribution in [0.15, 0.2) is 18.3 Å². The Kier molecular flexibility index (Phi) is 3.29. The van der Waals surface area contributed by atoms with Crippen molar-refractivity contribution in [1.82, 2.24) is 10.3 Å². The lowest BCUT2D eigenvalue weighted by molar-refractivity contribution is 0.200. The van der Waals surface area contributed by atoms with Crippen molar-refractivity contribution in [2.24, 2.45) is 0 Å². The molecule has 82 valence electrons. The normalized spacial score (nSPS) is 10.9. The molecule has 0 aliphatic heterocycles. The smallest absolute Gasteiger partial charge is 0.391 e. The van der Waals surface area contributed by atoms with E-state index in [4.69, 9.17) is 4.74 Å². The van der Waals surface area contributed by atoms with Crippen LogP contribution in [0.4, 0.5) is 4.79 Å². The van der Waals surface area contributed by atoms with Gasteiger partial charge in [0.1, 0.15) is 0 Å². The molecule has 0 aliphatic rings. The van der Waals surface area contributed by atoms with Crippen molar-refractivity contribution < 1.29 is 9.53 Å². The van der Waals surface area contributed by atoms with Crippen LogP contribution in [0.25, 0.3) is 0 Å². The topological polar surface area (TPSA) is 51.2 Å². The van der Waals surface area contributed by atoms with Crippen LogP contribution in [0.2, 0.25) is 0 Å².